The molecule has 0 spiro atoms. The average molecular weight is 576 g/mol. The number of rotatable bonds is 8. The number of hydrogen-bond donors (Lipinski definition) is 0. The van der Waals surface area contributed by atoms with Crippen molar-refractivity contribution in [2.45, 2.75) is 6.92 Å². The highest BCUT2D eigenvalue weighted by atomic mass is 16.6. The Labute approximate surface area is 256 Å². The van der Waals surface area contributed by atoms with Crippen molar-refractivity contribution in [3.8, 4) is 39.7 Å². The summed E-state index contributed by atoms with van der Waals surface area (Å²) >= 11 is 0. The van der Waals surface area contributed by atoms with Crippen molar-refractivity contribution in [1.82, 2.24) is 4.57 Å². The highest BCUT2D eigenvalue weighted by Crippen LogP contribution is 2.37. The summed E-state index contributed by atoms with van der Waals surface area (Å²) in [5, 5.41) is 0. The maximum atomic E-state index is 13.7. The van der Waals surface area contributed by atoms with Crippen molar-refractivity contribution in [1.29, 1.82) is 0 Å². The van der Waals surface area contributed by atoms with Crippen molar-refractivity contribution >= 4 is 18.0 Å². The third-order valence-corrected chi connectivity index (χ3v) is 7.09. The van der Waals surface area contributed by atoms with Crippen LogP contribution >= 0.6 is 0 Å². The van der Waals surface area contributed by atoms with Gasteiger partial charge in [-0.15, -0.1) is 0 Å². The number of nitrogens with zero attached hydrogens (tertiary/aromatic N) is 1. The molecule has 1 aromatic heterocycles. The predicted octanol–water partition coefficient (Wildman–Crippen LogP) is 8.71. The molecule has 0 atom stereocenters. The normalized spacial score (nSPS) is 10.6. The molecular formula is C39H29NO4. The number of hydrogen-bond acceptors (Lipinski definition) is 4. The van der Waals surface area contributed by atoms with Crippen molar-refractivity contribution < 1.29 is 19.1 Å². The molecule has 1 heterocycles. The molecule has 5 heteroatoms. The lowest BCUT2D eigenvalue weighted by molar-refractivity contribution is -0.137. The van der Waals surface area contributed by atoms with E-state index in [2.05, 4.69) is 28.8 Å². The van der Waals surface area contributed by atoms with Gasteiger partial charge in [0.1, 0.15) is 17.1 Å². The molecule has 5 nitrogen and oxygen atoms in total. The van der Waals surface area contributed by atoms with E-state index in [1.54, 1.807) is 54.6 Å². The molecule has 6 rings (SSSR count). The van der Waals surface area contributed by atoms with Crippen molar-refractivity contribution in [3.05, 3.63) is 168 Å². The summed E-state index contributed by atoms with van der Waals surface area (Å²) < 4.78 is 13.5. The fraction of sp³-hybridized carbons (Fsp3) is 0.0256. The Kier molecular flexibility index (Phi) is 8.28. The van der Waals surface area contributed by atoms with Crippen LogP contribution in [0, 0.1) is 6.92 Å². The Bertz CT molecular complexity index is 1850. The summed E-state index contributed by atoms with van der Waals surface area (Å²) in [6.07, 6.45) is 1.57. The number of aryl methyl sites for hydroxylation is 1. The summed E-state index contributed by atoms with van der Waals surface area (Å²) in [5.41, 5.74) is 6.08. The number of ether oxygens (including phenoxy) is 2. The Morgan fingerprint density at radius 2 is 1.02 bits per heavy atom. The molecule has 0 saturated heterocycles. The van der Waals surface area contributed by atoms with Crippen LogP contribution in [0.4, 0.5) is 0 Å². The number of esters is 2. The first-order valence-electron chi connectivity index (χ1n) is 14.3. The standard InChI is InChI=1S/C39H29NO4/c1-28-22-24-32(25-23-28)40-36(29-14-6-2-7-15-29)27-31(37(40)30-16-8-3-9-17-30)26-35(38(41)43-33-18-10-4-11-19-33)39(42)44-34-20-12-5-13-21-34/h2-27H,1H3. The van der Waals surface area contributed by atoms with Gasteiger partial charge in [0.05, 0.1) is 11.4 Å². The number of carbonyl (C=O) groups is 2. The fourth-order valence-corrected chi connectivity index (χ4v) is 4.97. The van der Waals surface area contributed by atoms with Gasteiger partial charge >= 0.3 is 11.9 Å². The number of para-hydroxylation sites is 2. The van der Waals surface area contributed by atoms with E-state index in [0.29, 0.717) is 17.1 Å². The number of carbonyl (C=O) groups excluding carboxylic acids is 2. The summed E-state index contributed by atoms with van der Waals surface area (Å²) in [5.74, 6) is -0.997. The molecule has 0 aliphatic heterocycles. The minimum Gasteiger partial charge on any atom is -0.423 e. The van der Waals surface area contributed by atoms with Crippen LogP contribution in [-0.4, -0.2) is 16.5 Å². The van der Waals surface area contributed by atoms with Gasteiger partial charge in [-0.1, -0.05) is 115 Å². The minimum atomic E-state index is -0.819. The van der Waals surface area contributed by atoms with Gasteiger partial charge in [-0.05, 0) is 66.6 Å². The topological polar surface area (TPSA) is 57.5 Å². The Morgan fingerprint density at radius 3 is 1.52 bits per heavy atom. The zero-order valence-corrected chi connectivity index (χ0v) is 24.1. The predicted molar refractivity (Wildman–Crippen MR) is 174 cm³/mol. The second-order valence-corrected chi connectivity index (χ2v) is 10.2. The first kappa shape index (κ1) is 28.2. The van der Waals surface area contributed by atoms with E-state index in [-0.39, 0.29) is 5.57 Å². The first-order chi connectivity index (χ1) is 21.6. The highest BCUT2D eigenvalue weighted by molar-refractivity contribution is 6.19. The van der Waals surface area contributed by atoms with E-state index >= 15 is 0 Å². The molecule has 0 radical (unpaired) electrons. The molecule has 0 bridgehead atoms. The number of aromatic nitrogens is 1. The van der Waals surface area contributed by atoms with Crippen molar-refractivity contribution in [2.24, 2.45) is 0 Å². The molecule has 0 unspecified atom stereocenters. The second kappa shape index (κ2) is 12.9. The van der Waals surface area contributed by atoms with Crippen LogP contribution < -0.4 is 9.47 Å². The van der Waals surface area contributed by atoms with E-state index in [9.17, 15) is 9.59 Å². The van der Waals surface area contributed by atoms with Crippen LogP contribution in [0.25, 0.3) is 34.3 Å². The first-order valence-corrected chi connectivity index (χ1v) is 14.3. The molecule has 5 aromatic carbocycles. The van der Waals surface area contributed by atoms with Crippen LogP contribution in [0.5, 0.6) is 11.5 Å². The van der Waals surface area contributed by atoms with E-state index in [1.807, 2.05) is 85.8 Å². The lowest BCUT2D eigenvalue weighted by Crippen LogP contribution is -2.22. The summed E-state index contributed by atoms with van der Waals surface area (Å²) in [4.78, 5) is 27.3. The van der Waals surface area contributed by atoms with Gasteiger partial charge in [0.25, 0.3) is 0 Å². The molecular weight excluding hydrogens is 546 g/mol. The summed E-state index contributed by atoms with van der Waals surface area (Å²) in [6.45, 7) is 2.05. The van der Waals surface area contributed by atoms with Gasteiger partial charge in [0, 0.05) is 11.3 Å². The van der Waals surface area contributed by atoms with Gasteiger partial charge in [-0.2, -0.15) is 0 Å². The van der Waals surface area contributed by atoms with E-state index in [0.717, 1.165) is 33.8 Å². The molecule has 0 N–H and O–H groups in total. The quantitative estimate of drug-likeness (QED) is 0.0599. The zero-order chi connectivity index (χ0) is 30.3. The average Bonchev–Trinajstić information content (AvgIpc) is 3.45. The monoisotopic (exact) mass is 575 g/mol. The largest absolute Gasteiger partial charge is 0.423 e. The van der Waals surface area contributed by atoms with Gasteiger partial charge in [0.15, 0.2) is 0 Å². The van der Waals surface area contributed by atoms with Crippen molar-refractivity contribution in [2.75, 3.05) is 0 Å². The maximum absolute atomic E-state index is 13.7. The third kappa shape index (κ3) is 6.27. The second-order valence-electron chi connectivity index (χ2n) is 10.2. The molecule has 0 aliphatic carbocycles. The molecule has 0 amide bonds. The molecule has 6 aromatic rings. The summed E-state index contributed by atoms with van der Waals surface area (Å²) in [7, 11) is 0. The van der Waals surface area contributed by atoms with Crippen LogP contribution in [0.1, 0.15) is 11.1 Å². The lowest BCUT2D eigenvalue weighted by Gasteiger charge is -2.15. The molecule has 214 valence electrons. The fourth-order valence-electron chi connectivity index (χ4n) is 4.97. The van der Waals surface area contributed by atoms with Gasteiger partial charge in [0.2, 0.25) is 0 Å². The SMILES string of the molecule is Cc1ccc(-n2c(-c3ccccc3)cc(C=C(C(=O)Oc3ccccc3)C(=O)Oc3ccccc3)c2-c2ccccc2)cc1. The van der Waals surface area contributed by atoms with E-state index in [4.69, 9.17) is 9.47 Å². The van der Waals surface area contributed by atoms with Gasteiger partial charge in [-0.25, -0.2) is 9.59 Å². The molecule has 0 aliphatic rings. The smallest absolute Gasteiger partial charge is 0.351 e. The Morgan fingerprint density at radius 1 is 0.568 bits per heavy atom. The Balaban J connectivity index is 1.58. The summed E-state index contributed by atoms with van der Waals surface area (Å²) in [6, 6.07) is 47.5. The van der Waals surface area contributed by atoms with Gasteiger partial charge in [-0.3, -0.25) is 0 Å². The molecule has 44 heavy (non-hydrogen) atoms. The van der Waals surface area contributed by atoms with Crippen molar-refractivity contribution in [3.63, 3.8) is 0 Å². The minimum absolute atomic E-state index is 0.240. The molecule has 0 fully saturated rings. The lowest BCUT2D eigenvalue weighted by atomic mass is 10.0. The maximum Gasteiger partial charge on any atom is 0.351 e. The van der Waals surface area contributed by atoms with Crippen LogP contribution in [0.2, 0.25) is 0 Å². The van der Waals surface area contributed by atoms with Gasteiger partial charge < -0.3 is 14.0 Å². The van der Waals surface area contributed by atoms with E-state index in [1.165, 1.54) is 0 Å². The third-order valence-electron chi connectivity index (χ3n) is 7.09. The highest BCUT2D eigenvalue weighted by Gasteiger charge is 2.26. The Hall–Kier alpha value is -5.94. The van der Waals surface area contributed by atoms with E-state index < -0.39 is 11.9 Å². The number of benzene rings is 5. The van der Waals surface area contributed by atoms with Crippen LogP contribution in [-0.2, 0) is 9.59 Å². The molecule has 0 saturated carbocycles. The zero-order valence-electron chi connectivity index (χ0n) is 24.1. The van der Waals surface area contributed by atoms with Crippen LogP contribution in [0.15, 0.2) is 157 Å². The van der Waals surface area contributed by atoms with Crippen LogP contribution in [0.3, 0.4) is 0 Å².